The molecular formula is C31H22BrN3O2. The molecule has 0 fully saturated rings. The van der Waals surface area contributed by atoms with Crippen molar-refractivity contribution in [1.29, 1.82) is 0 Å². The predicted octanol–water partition coefficient (Wildman–Crippen LogP) is 7.01. The van der Waals surface area contributed by atoms with Crippen LogP contribution in [-0.4, -0.2) is 27.9 Å². The Hall–Kier alpha value is -4.29. The van der Waals surface area contributed by atoms with Crippen molar-refractivity contribution in [2.45, 2.75) is 5.54 Å². The summed E-state index contributed by atoms with van der Waals surface area (Å²) in [6, 6.07) is 32.4. The topological polar surface area (TPSA) is 57.0 Å². The number of benzene rings is 3. The lowest BCUT2D eigenvalue weighted by Gasteiger charge is -2.38. The summed E-state index contributed by atoms with van der Waals surface area (Å²) in [5.41, 5.74) is 4.67. The van der Waals surface area contributed by atoms with Crippen molar-refractivity contribution in [3.05, 3.63) is 136 Å². The van der Waals surface area contributed by atoms with Gasteiger partial charge < -0.3 is 9.30 Å². The van der Waals surface area contributed by atoms with E-state index in [4.69, 9.17) is 9.72 Å². The molecule has 6 heteroatoms. The van der Waals surface area contributed by atoms with Crippen LogP contribution in [0.25, 0.3) is 21.9 Å². The van der Waals surface area contributed by atoms with Gasteiger partial charge in [0, 0.05) is 28.7 Å². The summed E-state index contributed by atoms with van der Waals surface area (Å²) in [7, 11) is 1.67. The highest BCUT2D eigenvalue weighted by Crippen LogP contribution is 2.46. The maximum atomic E-state index is 11.6. The summed E-state index contributed by atoms with van der Waals surface area (Å²) < 4.78 is 8.53. The van der Waals surface area contributed by atoms with Crippen LogP contribution in [0.1, 0.15) is 27.0 Å². The van der Waals surface area contributed by atoms with E-state index in [2.05, 4.69) is 55.8 Å². The number of nitrogens with zero attached hydrogens (tertiary/aromatic N) is 3. The van der Waals surface area contributed by atoms with Gasteiger partial charge in [-0.25, -0.2) is 4.98 Å². The van der Waals surface area contributed by atoms with E-state index in [1.165, 1.54) is 0 Å². The quantitative estimate of drug-likeness (QED) is 0.128. The molecule has 6 aromatic rings. The van der Waals surface area contributed by atoms with Crippen LogP contribution in [0, 0.1) is 0 Å². The fourth-order valence-corrected chi connectivity index (χ4v) is 5.55. The number of carbonyl (C=O) groups excluding carboxylic acids is 1. The first-order valence-corrected chi connectivity index (χ1v) is 12.6. The van der Waals surface area contributed by atoms with Crippen LogP contribution in [0.3, 0.4) is 0 Å². The SMILES string of the molecule is COc1ccc(C(c2ccccc2)(c2ccc(C=O)cc2)n2c3ccncc3c3ccc(Br)nc32)cc1. The zero-order valence-corrected chi connectivity index (χ0v) is 21.6. The number of hydrogen-bond acceptors (Lipinski definition) is 4. The van der Waals surface area contributed by atoms with Gasteiger partial charge in [-0.05, 0) is 63.0 Å². The predicted molar refractivity (Wildman–Crippen MR) is 149 cm³/mol. The Balaban J connectivity index is 1.86. The number of ether oxygens (including phenoxy) is 1. The molecular weight excluding hydrogens is 526 g/mol. The number of aromatic nitrogens is 3. The van der Waals surface area contributed by atoms with E-state index in [1.807, 2.05) is 79.1 Å². The lowest BCUT2D eigenvalue weighted by Crippen LogP contribution is -2.38. The summed E-state index contributed by atoms with van der Waals surface area (Å²) in [4.78, 5) is 21.0. The fraction of sp³-hybridized carbons (Fsp3) is 0.0645. The molecule has 0 amide bonds. The van der Waals surface area contributed by atoms with Crippen LogP contribution in [0.15, 0.2) is 114 Å². The summed E-state index contributed by atoms with van der Waals surface area (Å²) >= 11 is 3.60. The molecule has 0 aliphatic carbocycles. The highest BCUT2D eigenvalue weighted by Gasteiger charge is 2.41. The summed E-state index contributed by atoms with van der Waals surface area (Å²) in [6.07, 6.45) is 4.57. The first kappa shape index (κ1) is 23.1. The van der Waals surface area contributed by atoms with Crippen LogP contribution in [0.4, 0.5) is 0 Å². The molecule has 3 heterocycles. The third kappa shape index (κ3) is 3.64. The Morgan fingerprint density at radius 2 is 1.49 bits per heavy atom. The summed E-state index contributed by atoms with van der Waals surface area (Å²) in [6.45, 7) is 0. The van der Waals surface area contributed by atoms with Gasteiger partial charge in [0.05, 0.1) is 12.6 Å². The third-order valence-corrected chi connectivity index (χ3v) is 7.32. The van der Waals surface area contributed by atoms with Crippen LogP contribution in [-0.2, 0) is 5.54 Å². The number of rotatable bonds is 6. The van der Waals surface area contributed by atoms with Gasteiger partial charge in [0.25, 0.3) is 0 Å². The van der Waals surface area contributed by atoms with Crippen molar-refractivity contribution >= 4 is 44.2 Å². The smallest absolute Gasteiger partial charge is 0.150 e. The lowest BCUT2D eigenvalue weighted by molar-refractivity contribution is 0.112. The van der Waals surface area contributed by atoms with Crippen molar-refractivity contribution in [3.8, 4) is 5.75 Å². The van der Waals surface area contributed by atoms with E-state index in [0.29, 0.717) is 5.56 Å². The van der Waals surface area contributed by atoms with Gasteiger partial charge in [-0.1, -0.05) is 66.7 Å². The second-order valence-electron chi connectivity index (χ2n) is 8.78. The lowest BCUT2D eigenvalue weighted by atomic mass is 9.76. The van der Waals surface area contributed by atoms with Crippen LogP contribution < -0.4 is 4.74 Å². The number of hydrogen-bond donors (Lipinski definition) is 0. The standard InChI is InChI=1S/C31H22BrN3O2/c1-37-25-13-11-24(12-14-25)31(22-5-3-2-4-6-22,23-9-7-21(20-36)8-10-23)35-28-17-18-33-19-27(28)26-15-16-29(32)34-30(26)35/h2-20H,1H3. The van der Waals surface area contributed by atoms with E-state index in [9.17, 15) is 4.79 Å². The van der Waals surface area contributed by atoms with Gasteiger partial charge in [-0.15, -0.1) is 0 Å². The molecule has 0 N–H and O–H groups in total. The van der Waals surface area contributed by atoms with Gasteiger partial charge in [0.15, 0.2) is 0 Å². The highest BCUT2D eigenvalue weighted by atomic mass is 79.9. The van der Waals surface area contributed by atoms with Crippen LogP contribution in [0.5, 0.6) is 5.75 Å². The molecule has 0 radical (unpaired) electrons. The van der Waals surface area contributed by atoms with Crippen molar-refractivity contribution in [2.24, 2.45) is 0 Å². The molecule has 1 unspecified atom stereocenters. The van der Waals surface area contributed by atoms with Crippen LogP contribution >= 0.6 is 15.9 Å². The third-order valence-electron chi connectivity index (χ3n) is 6.88. The Kier molecular flexibility index (Phi) is 5.81. The van der Waals surface area contributed by atoms with E-state index in [-0.39, 0.29) is 0 Å². The van der Waals surface area contributed by atoms with E-state index >= 15 is 0 Å². The molecule has 180 valence electrons. The Morgan fingerprint density at radius 3 is 2.16 bits per heavy atom. The molecule has 0 saturated heterocycles. The Morgan fingerprint density at radius 1 is 0.811 bits per heavy atom. The molecule has 5 nitrogen and oxygen atoms in total. The van der Waals surface area contributed by atoms with Gasteiger partial charge >= 0.3 is 0 Å². The Labute approximate surface area is 222 Å². The first-order chi connectivity index (χ1) is 18.2. The average Bonchev–Trinajstić information content (AvgIpc) is 3.28. The number of carbonyl (C=O) groups is 1. The molecule has 1 atom stereocenters. The van der Waals surface area contributed by atoms with Crippen molar-refractivity contribution in [3.63, 3.8) is 0 Å². The molecule has 0 spiro atoms. The second kappa shape index (κ2) is 9.30. The number of halogens is 1. The summed E-state index contributed by atoms with van der Waals surface area (Å²) in [5, 5.41) is 2.01. The van der Waals surface area contributed by atoms with Crippen molar-refractivity contribution in [2.75, 3.05) is 7.11 Å². The molecule has 0 saturated carbocycles. The van der Waals surface area contributed by atoms with Gasteiger partial charge in [-0.2, -0.15) is 0 Å². The number of aldehydes is 1. The molecule has 37 heavy (non-hydrogen) atoms. The molecule has 3 aromatic heterocycles. The maximum Gasteiger partial charge on any atom is 0.150 e. The second-order valence-corrected chi connectivity index (χ2v) is 9.59. The largest absolute Gasteiger partial charge is 0.497 e. The van der Waals surface area contributed by atoms with Gasteiger partial charge in [0.2, 0.25) is 0 Å². The minimum absolute atomic E-state index is 0.618. The van der Waals surface area contributed by atoms with Crippen LogP contribution in [0.2, 0.25) is 0 Å². The van der Waals surface area contributed by atoms with Gasteiger partial charge in [-0.3, -0.25) is 9.78 Å². The zero-order chi connectivity index (χ0) is 25.4. The number of fused-ring (bicyclic) bond motifs is 3. The fourth-order valence-electron chi connectivity index (χ4n) is 5.25. The molecule has 0 bridgehead atoms. The minimum atomic E-state index is -0.829. The van der Waals surface area contributed by atoms with Crippen molar-refractivity contribution < 1.29 is 9.53 Å². The van der Waals surface area contributed by atoms with Gasteiger partial charge in [0.1, 0.15) is 27.8 Å². The normalized spacial score (nSPS) is 12.9. The highest BCUT2D eigenvalue weighted by molar-refractivity contribution is 9.10. The summed E-state index contributed by atoms with van der Waals surface area (Å²) in [5.74, 6) is 0.773. The number of methoxy groups -OCH3 is 1. The number of pyridine rings is 2. The zero-order valence-electron chi connectivity index (χ0n) is 20.0. The molecule has 0 aliphatic rings. The van der Waals surface area contributed by atoms with E-state index < -0.39 is 5.54 Å². The molecule has 6 rings (SSSR count). The Bertz CT molecular complexity index is 1730. The molecule has 0 aliphatic heterocycles. The first-order valence-electron chi connectivity index (χ1n) is 11.8. The van der Waals surface area contributed by atoms with Crippen molar-refractivity contribution in [1.82, 2.24) is 14.5 Å². The average molecular weight is 548 g/mol. The monoisotopic (exact) mass is 547 g/mol. The minimum Gasteiger partial charge on any atom is -0.497 e. The van der Waals surface area contributed by atoms with E-state index in [1.54, 1.807) is 7.11 Å². The maximum absolute atomic E-state index is 11.6. The van der Waals surface area contributed by atoms with E-state index in [0.717, 1.165) is 55.3 Å². The molecule has 3 aromatic carbocycles.